The van der Waals surface area contributed by atoms with E-state index in [9.17, 15) is 23.8 Å². The summed E-state index contributed by atoms with van der Waals surface area (Å²) in [6, 6.07) is 0. The Morgan fingerprint density at radius 3 is 1.56 bits per heavy atom. The SMILES string of the molecule is CCCCCCCCCCCCCCCC(=O)O[C@H](COC(=O)CCCCCCCCCCCNC(=O)OC(C)(C)C(Cl)(Cl)Cl)COP(=O)([O-])OCC[N+](C)(C)C. The number of nitrogens with zero attached hydrogens (tertiary/aromatic N) is 1. The lowest BCUT2D eigenvalue weighted by Crippen LogP contribution is -2.44. The molecule has 338 valence electrons. The lowest BCUT2D eigenvalue weighted by molar-refractivity contribution is -0.870. The normalized spacial score (nSPS) is 13.9. The first-order chi connectivity index (χ1) is 26.8. The first-order valence-corrected chi connectivity index (χ1v) is 24.2. The Bertz CT molecular complexity index is 1110. The molecule has 1 amide bonds. The fourth-order valence-corrected chi connectivity index (χ4v) is 6.54. The van der Waals surface area contributed by atoms with Crippen molar-refractivity contribution in [2.45, 2.75) is 190 Å². The molecule has 2 atom stereocenters. The van der Waals surface area contributed by atoms with Crippen molar-refractivity contribution in [2.75, 3.05) is 54.1 Å². The number of rotatable bonds is 37. The largest absolute Gasteiger partial charge is 0.756 e. The molecule has 0 saturated carbocycles. The number of carbonyl (C=O) groups excluding carboxylic acids is 3. The van der Waals surface area contributed by atoms with Gasteiger partial charge in [-0.25, -0.2) is 4.79 Å². The van der Waals surface area contributed by atoms with Gasteiger partial charge in [0.15, 0.2) is 11.7 Å². The number of alkyl carbamates (subject to hydrolysis) is 1. The summed E-state index contributed by atoms with van der Waals surface area (Å²) in [7, 11) is 1.08. The van der Waals surface area contributed by atoms with Crippen molar-refractivity contribution in [1.29, 1.82) is 0 Å². The number of esters is 2. The Balaban J connectivity index is 4.36. The van der Waals surface area contributed by atoms with Gasteiger partial charge in [0.2, 0.25) is 3.79 Å². The smallest absolute Gasteiger partial charge is 0.407 e. The van der Waals surface area contributed by atoms with Crippen molar-refractivity contribution < 1.29 is 51.6 Å². The minimum atomic E-state index is -4.65. The molecule has 0 aromatic carbocycles. The quantitative estimate of drug-likeness (QED) is 0.0159. The van der Waals surface area contributed by atoms with Crippen molar-refractivity contribution in [3.05, 3.63) is 0 Å². The first-order valence-electron chi connectivity index (χ1n) is 21.6. The highest BCUT2D eigenvalue weighted by Gasteiger charge is 2.44. The Morgan fingerprint density at radius 2 is 1.11 bits per heavy atom. The zero-order chi connectivity index (χ0) is 43.1. The number of hydrogen-bond donors (Lipinski definition) is 1. The summed E-state index contributed by atoms with van der Waals surface area (Å²) in [6.07, 6.45) is 22.8. The molecule has 57 heavy (non-hydrogen) atoms. The van der Waals surface area contributed by atoms with Crippen molar-refractivity contribution in [3.63, 3.8) is 0 Å². The third-order valence-electron chi connectivity index (χ3n) is 9.50. The molecule has 0 heterocycles. The van der Waals surface area contributed by atoms with Crippen molar-refractivity contribution >= 4 is 60.7 Å². The fourth-order valence-electron chi connectivity index (χ4n) is 5.69. The Morgan fingerprint density at radius 1 is 0.667 bits per heavy atom. The van der Waals surface area contributed by atoms with E-state index < -0.39 is 48.0 Å². The number of halogens is 3. The van der Waals surface area contributed by atoms with Crippen molar-refractivity contribution in [2.24, 2.45) is 0 Å². The van der Waals surface area contributed by atoms with Gasteiger partial charge in [0.05, 0.1) is 27.7 Å². The number of likely N-dealkylation sites (N-methyl/N-ethyl adjacent to an activating group) is 1. The van der Waals surface area contributed by atoms with Gasteiger partial charge < -0.3 is 38.0 Å². The van der Waals surface area contributed by atoms with Gasteiger partial charge in [-0.3, -0.25) is 14.2 Å². The maximum absolute atomic E-state index is 12.7. The number of hydrogen-bond acceptors (Lipinski definition) is 10. The van der Waals surface area contributed by atoms with E-state index in [1.165, 1.54) is 71.6 Å². The van der Waals surface area contributed by atoms with Gasteiger partial charge >= 0.3 is 18.0 Å². The molecule has 0 aromatic rings. The number of carbonyl (C=O) groups is 3. The monoisotopic (exact) mass is 894 g/mol. The van der Waals surface area contributed by atoms with Crippen molar-refractivity contribution in [3.8, 4) is 0 Å². The lowest BCUT2D eigenvalue weighted by Gasteiger charge is -2.31. The number of phosphoric ester groups is 1. The van der Waals surface area contributed by atoms with Crippen LogP contribution in [0.4, 0.5) is 4.79 Å². The zero-order valence-corrected chi connectivity index (χ0v) is 39.4. The number of phosphoric acid groups is 1. The molecule has 0 aliphatic rings. The Kier molecular flexibility index (Phi) is 32.4. The first kappa shape index (κ1) is 56.1. The van der Waals surface area contributed by atoms with Crippen LogP contribution in [0, 0.1) is 0 Å². The molecule has 0 aliphatic carbocycles. The molecular weight excluding hydrogens is 818 g/mol. The minimum Gasteiger partial charge on any atom is -0.756 e. The summed E-state index contributed by atoms with van der Waals surface area (Å²) in [6.45, 7) is 5.38. The number of nitrogens with one attached hydrogen (secondary N) is 1. The molecule has 12 nitrogen and oxygen atoms in total. The standard InChI is InChI=1S/C41H78Cl3N2O10P/c1-7-8-9-10-11-12-13-14-15-17-21-24-27-30-38(48)55-36(35-54-57(50,51)53-33-32-46(4,5)6)34-52-37(47)29-26-23-20-18-16-19-22-25-28-31-45-39(49)56-40(2,3)41(42,43)44/h36H,7-35H2,1-6H3,(H-,45,49,50,51)/t36-/m1/s1. The van der Waals surface area contributed by atoms with Crippen molar-refractivity contribution in [1.82, 2.24) is 5.32 Å². The second kappa shape index (κ2) is 32.9. The third-order valence-corrected chi connectivity index (χ3v) is 11.8. The van der Waals surface area contributed by atoms with Crippen LogP contribution in [0.3, 0.4) is 0 Å². The van der Waals surface area contributed by atoms with E-state index >= 15 is 0 Å². The van der Waals surface area contributed by atoms with Crippen LogP contribution in [0.5, 0.6) is 0 Å². The molecular formula is C41H78Cl3N2O10P. The predicted octanol–water partition coefficient (Wildman–Crippen LogP) is 10.9. The minimum absolute atomic E-state index is 0.0542. The maximum atomic E-state index is 12.7. The van der Waals surface area contributed by atoms with Gasteiger partial charge in [-0.05, 0) is 33.1 Å². The van der Waals surface area contributed by atoms with E-state index in [0.29, 0.717) is 30.4 Å². The molecule has 0 saturated heterocycles. The van der Waals surface area contributed by atoms with E-state index in [1.54, 1.807) is 0 Å². The van der Waals surface area contributed by atoms with Gasteiger partial charge in [0.25, 0.3) is 7.82 Å². The van der Waals surface area contributed by atoms with Crippen LogP contribution < -0.4 is 10.2 Å². The molecule has 0 rings (SSSR count). The molecule has 0 fully saturated rings. The second-order valence-electron chi connectivity index (χ2n) is 16.6. The van der Waals surface area contributed by atoms with E-state index in [4.69, 9.17) is 58.1 Å². The maximum Gasteiger partial charge on any atom is 0.407 e. The highest BCUT2D eigenvalue weighted by Crippen LogP contribution is 2.40. The summed E-state index contributed by atoms with van der Waals surface area (Å²) in [4.78, 5) is 49.5. The molecule has 0 spiro atoms. The van der Waals surface area contributed by atoms with E-state index in [-0.39, 0.29) is 26.1 Å². The summed E-state index contributed by atoms with van der Waals surface area (Å²) >= 11 is 17.5. The van der Waals surface area contributed by atoms with Gasteiger partial charge in [0, 0.05) is 19.4 Å². The molecule has 0 aliphatic heterocycles. The topological polar surface area (TPSA) is 150 Å². The van der Waals surface area contributed by atoms with Gasteiger partial charge in [-0.2, -0.15) is 0 Å². The fraction of sp³-hybridized carbons (Fsp3) is 0.927. The van der Waals surface area contributed by atoms with E-state index in [2.05, 4.69) is 12.2 Å². The van der Waals surface area contributed by atoms with Gasteiger partial charge in [-0.15, -0.1) is 0 Å². The molecule has 16 heteroatoms. The van der Waals surface area contributed by atoms with E-state index in [0.717, 1.165) is 70.6 Å². The average molecular weight is 896 g/mol. The number of quaternary nitrogens is 1. The number of unbranched alkanes of at least 4 members (excludes halogenated alkanes) is 20. The summed E-state index contributed by atoms with van der Waals surface area (Å²) in [5, 5.41) is 2.68. The molecule has 1 N–H and O–H groups in total. The highest BCUT2D eigenvalue weighted by atomic mass is 35.6. The van der Waals surface area contributed by atoms with Crippen LogP contribution >= 0.6 is 42.6 Å². The number of alkyl halides is 3. The van der Waals surface area contributed by atoms with Crippen LogP contribution in [-0.2, 0) is 37.4 Å². The van der Waals surface area contributed by atoms with Crippen LogP contribution in [0.15, 0.2) is 0 Å². The average Bonchev–Trinajstić information content (AvgIpc) is 3.10. The van der Waals surface area contributed by atoms with Crippen LogP contribution in [0.25, 0.3) is 0 Å². The zero-order valence-electron chi connectivity index (χ0n) is 36.2. The number of ether oxygens (including phenoxy) is 3. The van der Waals surface area contributed by atoms with Gasteiger partial charge in [0.1, 0.15) is 19.8 Å². The Hall–Kier alpha value is -0.850. The van der Waals surface area contributed by atoms with Gasteiger partial charge in [-0.1, -0.05) is 164 Å². The molecule has 0 bridgehead atoms. The van der Waals surface area contributed by atoms with Crippen LogP contribution in [-0.4, -0.2) is 92.1 Å². The summed E-state index contributed by atoms with van der Waals surface area (Å²) in [5.41, 5.74) is -1.25. The molecule has 0 radical (unpaired) electrons. The molecule has 0 aromatic heterocycles. The summed E-state index contributed by atoms with van der Waals surface area (Å²) < 4.78 is 37.3. The van der Waals surface area contributed by atoms with Crippen LogP contribution in [0.1, 0.15) is 175 Å². The highest BCUT2D eigenvalue weighted by molar-refractivity contribution is 7.45. The lowest BCUT2D eigenvalue weighted by atomic mass is 10.0. The van der Waals surface area contributed by atoms with Crippen LogP contribution in [0.2, 0.25) is 0 Å². The second-order valence-corrected chi connectivity index (χ2v) is 20.3. The third kappa shape index (κ3) is 35.6. The number of amides is 1. The van der Waals surface area contributed by atoms with E-state index in [1.807, 2.05) is 21.1 Å². The Labute approximate surface area is 360 Å². The summed E-state index contributed by atoms with van der Waals surface area (Å²) in [5.74, 6) is -0.918. The molecule has 1 unspecified atom stereocenters. The predicted molar refractivity (Wildman–Crippen MR) is 229 cm³/mol.